The van der Waals surface area contributed by atoms with Crippen LogP contribution < -0.4 is 11.1 Å². The fourth-order valence-corrected chi connectivity index (χ4v) is 1.48. The molecule has 0 fully saturated rings. The Morgan fingerprint density at radius 1 is 1.50 bits per heavy atom. The van der Waals surface area contributed by atoms with Crippen LogP contribution in [0.25, 0.3) is 5.65 Å². The van der Waals surface area contributed by atoms with E-state index in [-0.39, 0.29) is 5.91 Å². The van der Waals surface area contributed by atoms with Crippen LogP contribution in [0.15, 0.2) is 30.7 Å². The van der Waals surface area contributed by atoms with Crippen molar-refractivity contribution in [3.05, 3.63) is 30.7 Å². The Kier molecular flexibility index (Phi) is 3.16. The number of pyridine rings is 1. The molecule has 0 spiro atoms. The summed E-state index contributed by atoms with van der Waals surface area (Å²) in [5, 5.41) is 2.82. The van der Waals surface area contributed by atoms with Crippen molar-refractivity contribution in [2.75, 3.05) is 11.9 Å². The molecule has 0 aromatic carbocycles. The van der Waals surface area contributed by atoms with E-state index in [1.807, 2.05) is 28.9 Å². The molecule has 5 nitrogen and oxygen atoms in total. The molecule has 0 aliphatic rings. The third-order valence-corrected chi connectivity index (χ3v) is 2.28. The van der Waals surface area contributed by atoms with Gasteiger partial charge >= 0.3 is 0 Å². The van der Waals surface area contributed by atoms with Gasteiger partial charge in [-0.1, -0.05) is 0 Å². The molecule has 2 rings (SSSR count). The van der Waals surface area contributed by atoms with Gasteiger partial charge in [-0.25, -0.2) is 4.98 Å². The van der Waals surface area contributed by atoms with Crippen molar-refractivity contribution >= 4 is 17.2 Å². The fraction of sp³-hybridized carbons (Fsp3) is 0.273. The summed E-state index contributed by atoms with van der Waals surface area (Å²) in [6.07, 6.45) is 6.56. The summed E-state index contributed by atoms with van der Waals surface area (Å²) in [6, 6.07) is 3.70. The highest BCUT2D eigenvalue weighted by Crippen LogP contribution is 2.10. The minimum atomic E-state index is -0.00934. The fourth-order valence-electron chi connectivity index (χ4n) is 1.48. The SMILES string of the molecule is NCCCC(=O)Nc1ccc2nccn2c1. The molecular formula is C11H14N4O. The van der Waals surface area contributed by atoms with Crippen LogP contribution in [-0.4, -0.2) is 21.8 Å². The molecule has 0 aliphatic carbocycles. The minimum Gasteiger partial charge on any atom is -0.330 e. The van der Waals surface area contributed by atoms with Gasteiger partial charge in [0.15, 0.2) is 0 Å². The zero-order valence-electron chi connectivity index (χ0n) is 8.89. The van der Waals surface area contributed by atoms with E-state index in [9.17, 15) is 4.79 Å². The Morgan fingerprint density at radius 3 is 3.19 bits per heavy atom. The number of hydrogen-bond donors (Lipinski definition) is 2. The van der Waals surface area contributed by atoms with Gasteiger partial charge in [-0.2, -0.15) is 0 Å². The van der Waals surface area contributed by atoms with Crippen LogP contribution in [-0.2, 0) is 4.79 Å². The van der Waals surface area contributed by atoms with Crippen molar-refractivity contribution in [3.8, 4) is 0 Å². The predicted octanol–water partition coefficient (Wildman–Crippen LogP) is 1.01. The standard InChI is InChI=1S/C11H14N4O/c12-5-1-2-11(16)14-9-3-4-10-13-6-7-15(10)8-9/h3-4,6-8H,1-2,5,12H2,(H,14,16). The van der Waals surface area contributed by atoms with E-state index in [1.54, 1.807) is 6.20 Å². The summed E-state index contributed by atoms with van der Waals surface area (Å²) in [6.45, 7) is 0.536. The van der Waals surface area contributed by atoms with E-state index in [0.29, 0.717) is 19.4 Å². The van der Waals surface area contributed by atoms with Crippen molar-refractivity contribution in [1.82, 2.24) is 9.38 Å². The number of fused-ring (bicyclic) bond motifs is 1. The van der Waals surface area contributed by atoms with E-state index in [0.717, 1.165) is 11.3 Å². The summed E-state index contributed by atoms with van der Waals surface area (Å²) in [4.78, 5) is 15.6. The normalized spacial score (nSPS) is 10.6. The summed E-state index contributed by atoms with van der Waals surface area (Å²) in [5.41, 5.74) is 6.97. The third kappa shape index (κ3) is 2.38. The van der Waals surface area contributed by atoms with Crippen LogP contribution in [0.5, 0.6) is 0 Å². The van der Waals surface area contributed by atoms with Gasteiger partial charge in [-0.05, 0) is 25.1 Å². The number of carbonyl (C=O) groups is 1. The molecule has 0 saturated carbocycles. The van der Waals surface area contributed by atoms with Crippen molar-refractivity contribution in [3.63, 3.8) is 0 Å². The maximum Gasteiger partial charge on any atom is 0.224 e. The second-order valence-corrected chi connectivity index (χ2v) is 3.55. The summed E-state index contributed by atoms with van der Waals surface area (Å²) < 4.78 is 1.86. The quantitative estimate of drug-likeness (QED) is 0.804. The first-order valence-corrected chi connectivity index (χ1v) is 5.22. The highest BCUT2D eigenvalue weighted by molar-refractivity contribution is 5.90. The van der Waals surface area contributed by atoms with Gasteiger partial charge in [-0.3, -0.25) is 4.79 Å². The Bertz CT molecular complexity index is 491. The van der Waals surface area contributed by atoms with Crippen LogP contribution in [0, 0.1) is 0 Å². The third-order valence-electron chi connectivity index (χ3n) is 2.28. The van der Waals surface area contributed by atoms with E-state index < -0.39 is 0 Å². The van der Waals surface area contributed by atoms with Crippen LogP contribution in [0.3, 0.4) is 0 Å². The number of imidazole rings is 1. The van der Waals surface area contributed by atoms with Gasteiger partial charge < -0.3 is 15.5 Å². The second kappa shape index (κ2) is 4.76. The molecule has 5 heteroatoms. The van der Waals surface area contributed by atoms with Crippen LogP contribution in [0.1, 0.15) is 12.8 Å². The van der Waals surface area contributed by atoms with Gasteiger partial charge in [0.1, 0.15) is 5.65 Å². The Hall–Kier alpha value is -1.88. The molecule has 0 unspecified atom stereocenters. The molecular weight excluding hydrogens is 204 g/mol. The molecule has 0 bridgehead atoms. The topological polar surface area (TPSA) is 72.4 Å². The molecule has 1 amide bonds. The number of anilines is 1. The van der Waals surface area contributed by atoms with Crippen molar-refractivity contribution in [2.45, 2.75) is 12.8 Å². The number of amides is 1. The van der Waals surface area contributed by atoms with Crippen molar-refractivity contribution in [2.24, 2.45) is 5.73 Å². The number of carbonyl (C=O) groups excluding carboxylic acids is 1. The van der Waals surface area contributed by atoms with Gasteiger partial charge in [0.2, 0.25) is 5.91 Å². The highest BCUT2D eigenvalue weighted by atomic mass is 16.1. The molecule has 3 N–H and O–H groups in total. The first-order chi connectivity index (χ1) is 7.79. The molecule has 16 heavy (non-hydrogen) atoms. The number of aromatic nitrogens is 2. The van der Waals surface area contributed by atoms with Gasteiger partial charge in [-0.15, -0.1) is 0 Å². The molecule has 0 atom stereocenters. The maximum atomic E-state index is 11.5. The zero-order chi connectivity index (χ0) is 11.4. The average Bonchev–Trinajstić information content (AvgIpc) is 2.73. The van der Waals surface area contributed by atoms with E-state index >= 15 is 0 Å². The maximum absolute atomic E-state index is 11.5. The Morgan fingerprint density at radius 2 is 2.38 bits per heavy atom. The lowest BCUT2D eigenvalue weighted by atomic mass is 10.3. The molecule has 2 aromatic heterocycles. The number of nitrogens with zero attached hydrogens (tertiary/aromatic N) is 2. The summed E-state index contributed by atoms with van der Waals surface area (Å²) in [7, 11) is 0. The lowest BCUT2D eigenvalue weighted by molar-refractivity contribution is -0.116. The van der Waals surface area contributed by atoms with Crippen molar-refractivity contribution in [1.29, 1.82) is 0 Å². The van der Waals surface area contributed by atoms with Crippen LogP contribution >= 0.6 is 0 Å². The van der Waals surface area contributed by atoms with E-state index in [4.69, 9.17) is 5.73 Å². The number of rotatable bonds is 4. The predicted molar refractivity (Wildman–Crippen MR) is 62.1 cm³/mol. The number of hydrogen-bond acceptors (Lipinski definition) is 3. The van der Waals surface area contributed by atoms with Crippen LogP contribution in [0.2, 0.25) is 0 Å². The minimum absolute atomic E-state index is 0.00934. The Balaban J connectivity index is 2.06. The average molecular weight is 218 g/mol. The number of nitrogens with one attached hydrogen (secondary N) is 1. The molecule has 84 valence electrons. The first kappa shape index (κ1) is 10.6. The van der Waals surface area contributed by atoms with Gasteiger partial charge in [0.05, 0.1) is 5.69 Å². The lowest BCUT2D eigenvalue weighted by Crippen LogP contribution is -2.13. The highest BCUT2D eigenvalue weighted by Gasteiger charge is 2.02. The molecule has 2 aromatic rings. The van der Waals surface area contributed by atoms with Gasteiger partial charge in [0, 0.05) is 25.0 Å². The summed E-state index contributed by atoms with van der Waals surface area (Å²) >= 11 is 0. The van der Waals surface area contributed by atoms with E-state index in [1.165, 1.54) is 0 Å². The van der Waals surface area contributed by atoms with Crippen LogP contribution in [0.4, 0.5) is 5.69 Å². The molecule has 2 heterocycles. The Labute approximate surface area is 93.3 Å². The second-order valence-electron chi connectivity index (χ2n) is 3.55. The lowest BCUT2D eigenvalue weighted by Gasteiger charge is -2.05. The molecule has 0 aliphatic heterocycles. The number of nitrogens with two attached hydrogens (primary N) is 1. The zero-order valence-corrected chi connectivity index (χ0v) is 8.89. The molecule has 0 saturated heterocycles. The largest absolute Gasteiger partial charge is 0.330 e. The van der Waals surface area contributed by atoms with E-state index in [2.05, 4.69) is 10.3 Å². The first-order valence-electron chi connectivity index (χ1n) is 5.22. The summed E-state index contributed by atoms with van der Waals surface area (Å²) in [5.74, 6) is -0.00934. The smallest absolute Gasteiger partial charge is 0.224 e. The van der Waals surface area contributed by atoms with Crippen molar-refractivity contribution < 1.29 is 4.79 Å². The monoisotopic (exact) mass is 218 g/mol. The molecule has 0 radical (unpaired) electrons. The van der Waals surface area contributed by atoms with Gasteiger partial charge in [0.25, 0.3) is 0 Å².